The number of thioether (sulfide) groups is 1. The lowest BCUT2D eigenvalue weighted by Crippen LogP contribution is -2.36. The normalized spacial score (nSPS) is 14.3. The van der Waals surface area contributed by atoms with Gasteiger partial charge in [0.25, 0.3) is 11.1 Å². The standard InChI is InChI=1S/C28H22F3N3O7S/c1-3-40-23-12-17(6-10-22(23)41-21-11-7-18(28(29,30)31)14-20(21)34(38)39)13-24-26(36)33(27(37)42-24)15-25(35)32-19-8-4-16(2)5-9-19/h4-14H,3,15H2,1-2H3,(H,32,35)/b24-13+. The minimum atomic E-state index is -4.79. The van der Waals surface area contributed by atoms with E-state index >= 15 is 0 Å². The average molecular weight is 602 g/mol. The third-order valence-corrected chi connectivity index (χ3v) is 6.69. The summed E-state index contributed by atoms with van der Waals surface area (Å²) < 4.78 is 50.3. The molecule has 0 radical (unpaired) electrons. The van der Waals surface area contributed by atoms with Crippen molar-refractivity contribution in [3.8, 4) is 17.2 Å². The van der Waals surface area contributed by atoms with E-state index in [1.54, 1.807) is 31.2 Å². The van der Waals surface area contributed by atoms with E-state index in [4.69, 9.17) is 9.47 Å². The van der Waals surface area contributed by atoms with Crippen LogP contribution in [0, 0.1) is 17.0 Å². The number of anilines is 1. The third kappa shape index (κ3) is 7.07. The van der Waals surface area contributed by atoms with Crippen molar-refractivity contribution in [1.82, 2.24) is 4.90 Å². The molecular formula is C28H22F3N3O7S. The maximum atomic E-state index is 13.0. The van der Waals surface area contributed by atoms with Crippen molar-refractivity contribution in [3.05, 3.63) is 92.4 Å². The molecule has 42 heavy (non-hydrogen) atoms. The van der Waals surface area contributed by atoms with E-state index in [9.17, 15) is 37.7 Å². The van der Waals surface area contributed by atoms with Gasteiger partial charge in [0.2, 0.25) is 11.7 Å². The van der Waals surface area contributed by atoms with E-state index in [1.165, 1.54) is 24.3 Å². The summed E-state index contributed by atoms with van der Waals surface area (Å²) in [6, 6.07) is 13.1. The molecule has 0 aromatic heterocycles. The first-order valence-corrected chi connectivity index (χ1v) is 13.1. The second-order valence-electron chi connectivity index (χ2n) is 8.86. The number of nitro groups is 1. The number of rotatable bonds is 9. The summed E-state index contributed by atoms with van der Waals surface area (Å²) in [6.45, 7) is 3.20. The summed E-state index contributed by atoms with van der Waals surface area (Å²) in [5.41, 5.74) is -0.195. The van der Waals surface area contributed by atoms with E-state index in [2.05, 4.69) is 5.32 Å². The summed E-state index contributed by atoms with van der Waals surface area (Å²) >= 11 is 0.641. The number of nitrogens with one attached hydrogen (secondary N) is 1. The number of carbonyl (C=O) groups is 3. The molecule has 1 aliphatic heterocycles. The number of aryl methyl sites for hydroxylation is 1. The number of benzene rings is 3. The van der Waals surface area contributed by atoms with Crippen LogP contribution in [0.15, 0.2) is 65.6 Å². The molecule has 14 heteroatoms. The second-order valence-corrected chi connectivity index (χ2v) is 9.85. The number of halogens is 3. The van der Waals surface area contributed by atoms with Crippen LogP contribution in [0.3, 0.4) is 0 Å². The summed E-state index contributed by atoms with van der Waals surface area (Å²) in [4.78, 5) is 49.1. The van der Waals surface area contributed by atoms with Crippen LogP contribution in [0.5, 0.6) is 17.2 Å². The van der Waals surface area contributed by atoms with Crippen LogP contribution in [0.1, 0.15) is 23.6 Å². The Morgan fingerprint density at radius 3 is 2.38 bits per heavy atom. The minimum Gasteiger partial charge on any atom is -0.490 e. The molecule has 1 fully saturated rings. The molecule has 10 nitrogen and oxygen atoms in total. The third-order valence-electron chi connectivity index (χ3n) is 5.78. The SMILES string of the molecule is CCOc1cc(/C=C2/SC(=O)N(CC(=O)Nc3ccc(C)cc3)C2=O)ccc1Oc1ccc(C(F)(F)F)cc1[N+](=O)[O-]. The van der Waals surface area contributed by atoms with Crippen molar-refractivity contribution >= 4 is 46.3 Å². The van der Waals surface area contributed by atoms with Gasteiger partial charge in [-0.15, -0.1) is 0 Å². The summed E-state index contributed by atoms with van der Waals surface area (Å²) in [5.74, 6) is -1.62. The highest BCUT2D eigenvalue weighted by molar-refractivity contribution is 8.18. The van der Waals surface area contributed by atoms with Crippen LogP contribution >= 0.6 is 11.8 Å². The van der Waals surface area contributed by atoms with Gasteiger partial charge in [0.15, 0.2) is 11.5 Å². The predicted molar refractivity (Wildman–Crippen MR) is 148 cm³/mol. The predicted octanol–water partition coefficient (Wildman–Crippen LogP) is 6.79. The molecule has 0 spiro atoms. The molecule has 0 saturated carbocycles. The van der Waals surface area contributed by atoms with Crippen molar-refractivity contribution in [2.24, 2.45) is 0 Å². The van der Waals surface area contributed by atoms with Crippen LogP contribution in [0.4, 0.5) is 29.3 Å². The monoisotopic (exact) mass is 601 g/mol. The van der Waals surface area contributed by atoms with Gasteiger partial charge in [-0.1, -0.05) is 23.8 Å². The van der Waals surface area contributed by atoms with Crippen molar-refractivity contribution in [3.63, 3.8) is 0 Å². The molecule has 3 aromatic rings. The average Bonchev–Trinajstić information content (AvgIpc) is 3.18. The largest absolute Gasteiger partial charge is 0.490 e. The molecule has 1 heterocycles. The first kappa shape index (κ1) is 30.1. The number of alkyl halides is 3. The fourth-order valence-corrected chi connectivity index (χ4v) is 4.62. The van der Waals surface area contributed by atoms with Gasteiger partial charge in [-0.25, -0.2) is 0 Å². The lowest BCUT2D eigenvalue weighted by Gasteiger charge is -2.14. The van der Waals surface area contributed by atoms with Crippen LogP contribution in [0.2, 0.25) is 0 Å². The Morgan fingerprint density at radius 2 is 1.74 bits per heavy atom. The number of hydrogen-bond donors (Lipinski definition) is 1. The van der Waals surface area contributed by atoms with Gasteiger partial charge in [-0.3, -0.25) is 29.4 Å². The molecule has 3 amide bonds. The molecule has 1 aliphatic rings. The van der Waals surface area contributed by atoms with Gasteiger partial charge in [0.1, 0.15) is 6.54 Å². The lowest BCUT2D eigenvalue weighted by molar-refractivity contribution is -0.385. The second kappa shape index (κ2) is 12.3. The molecule has 3 aromatic carbocycles. The van der Waals surface area contributed by atoms with Crippen molar-refractivity contribution in [1.29, 1.82) is 0 Å². The molecule has 0 aliphatic carbocycles. The van der Waals surface area contributed by atoms with Crippen LogP contribution in [-0.4, -0.2) is 40.0 Å². The van der Waals surface area contributed by atoms with Crippen LogP contribution in [-0.2, 0) is 15.8 Å². The molecular weight excluding hydrogens is 579 g/mol. The van der Waals surface area contributed by atoms with Gasteiger partial charge in [-0.2, -0.15) is 13.2 Å². The zero-order valence-corrected chi connectivity index (χ0v) is 22.9. The van der Waals surface area contributed by atoms with Gasteiger partial charge < -0.3 is 14.8 Å². The molecule has 0 unspecified atom stereocenters. The highest BCUT2D eigenvalue weighted by Gasteiger charge is 2.36. The summed E-state index contributed by atoms with van der Waals surface area (Å²) in [6.07, 6.45) is -3.39. The Hall–Kier alpha value is -4.85. The fourth-order valence-electron chi connectivity index (χ4n) is 3.78. The maximum absolute atomic E-state index is 13.0. The number of imide groups is 1. The number of nitro benzene ring substituents is 1. The molecule has 0 atom stereocenters. The molecule has 1 N–H and O–H groups in total. The van der Waals surface area contributed by atoms with Crippen LogP contribution in [0.25, 0.3) is 6.08 Å². The Labute approximate surface area is 241 Å². The Kier molecular flexibility index (Phi) is 8.85. The number of hydrogen-bond acceptors (Lipinski definition) is 8. The topological polar surface area (TPSA) is 128 Å². The van der Waals surface area contributed by atoms with Crippen molar-refractivity contribution < 1.29 is 42.0 Å². The first-order chi connectivity index (χ1) is 19.8. The Balaban J connectivity index is 1.53. The van der Waals surface area contributed by atoms with Crippen LogP contribution < -0.4 is 14.8 Å². The number of amides is 3. The molecule has 218 valence electrons. The summed E-state index contributed by atoms with van der Waals surface area (Å²) in [7, 11) is 0. The van der Waals surface area contributed by atoms with E-state index < -0.39 is 51.7 Å². The van der Waals surface area contributed by atoms with Crippen molar-refractivity contribution in [2.45, 2.75) is 20.0 Å². The number of nitrogens with zero attached hydrogens (tertiary/aromatic N) is 2. The molecule has 4 rings (SSSR count). The van der Waals surface area contributed by atoms with Gasteiger partial charge in [0.05, 0.1) is 22.0 Å². The molecule has 1 saturated heterocycles. The van der Waals surface area contributed by atoms with E-state index in [-0.39, 0.29) is 23.0 Å². The zero-order valence-electron chi connectivity index (χ0n) is 22.1. The molecule has 0 bridgehead atoms. The first-order valence-electron chi connectivity index (χ1n) is 12.3. The van der Waals surface area contributed by atoms with Crippen molar-refractivity contribution in [2.75, 3.05) is 18.5 Å². The van der Waals surface area contributed by atoms with E-state index in [0.717, 1.165) is 16.5 Å². The van der Waals surface area contributed by atoms with E-state index in [0.29, 0.717) is 35.1 Å². The minimum absolute atomic E-state index is 0.0299. The van der Waals surface area contributed by atoms with E-state index in [1.807, 2.05) is 6.92 Å². The fraction of sp³-hybridized carbons (Fsp3) is 0.179. The van der Waals surface area contributed by atoms with Gasteiger partial charge in [0, 0.05) is 11.8 Å². The highest BCUT2D eigenvalue weighted by Crippen LogP contribution is 2.41. The smallest absolute Gasteiger partial charge is 0.416 e. The van der Waals surface area contributed by atoms with Gasteiger partial charge >= 0.3 is 11.9 Å². The Morgan fingerprint density at radius 1 is 1.05 bits per heavy atom. The quantitative estimate of drug-likeness (QED) is 0.161. The zero-order chi connectivity index (χ0) is 30.6. The summed E-state index contributed by atoms with van der Waals surface area (Å²) in [5, 5.41) is 13.4. The lowest BCUT2D eigenvalue weighted by atomic mass is 10.1. The van der Waals surface area contributed by atoms with Gasteiger partial charge in [-0.05, 0) is 73.6 Å². The number of ether oxygens (including phenoxy) is 2. The Bertz CT molecular complexity index is 1590. The maximum Gasteiger partial charge on any atom is 0.416 e. The highest BCUT2D eigenvalue weighted by atomic mass is 32.2. The number of carbonyl (C=O) groups excluding carboxylic acids is 3.